The first-order chi connectivity index (χ1) is 10.8. The molecule has 0 radical (unpaired) electrons. The van der Waals surface area contributed by atoms with Gasteiger partial charge in [0.05, 0.1) is 24.1 Å². The second kappa shape index (κ2) is 6.41. The molecule has 112 valence electrons. The molecule has 0 saturated heterocycles. The van der Waals surface area contributed by atoms with Crippen LogP contribution in [-0.4, -0.2) is 21.3 Å². The molecule has 0 aliphatic heterocycles. The molecule has 5 heteroatoms. The monoisotopic (exact) mass is 296 g/mol. The third kappa shape index (κ3) is 2.84. The first-order valence-corrected chi connectivity index (χ1v) is 7.07. The van der Waals surface area contributed by atoms with E-state index in [4.69, 9.17) is 4.74 Å². The van der Waals surface area contributed by atoms with Gasteiger partial charge in [0.2, 0.25) is 0 Å². The zero-order valence-corrected chi connectivity index (χ0v) is 12.0. The summed E-state index contributed by atoms with van der Waals surface area (Å²) in [6.07, 6.45) is 0. The number of aliphatic hydroxyl groups excluding tert-OH is 1. The summed E-state index contributed by atoms with van der Waals surface area (Å²) in [7, 11) is 0. The van der Waals surface area contributed by atoms with E-state index in [1.807, 2.05) is 36.4 Å². The number of rotatable bonds is 5. The molecule has 2 aromatic carbocycles. The van der Waals surface area contributed by atoms with Gasteiger partial charge in [0.1, 0.15) is 18.2 Å². The van der Waals surface area contributed by atoms with E-state index >= 15 is 0 Å². The number of fused-ring (bicyclic) bond motifs is 1. The van der Waals surface area contributed by atoms with Crippen molar-refractivity contribution in [2.75, 3.05) is 6.61 Å². The molecule has 5 nitrogen and oxygen atoms in total. The Labute approximate surface area is 127 Å². The fraction of sp³-hybridized carbons (Fsp3) is 0.176. The Morgan fingerprint density at radius 2 is 1.77 bits per heavy atom. The van der Waals surface area contributed by atoms with E-state index < -0.39 is 0 Å². The molecule has 1 heterocycles. The molecule has 0 fully saturated rings. The largest absolute Gasteiger partial charge is 0.486 e. The smallest absolute Gasteiger partial charge is 0.261 e. The van der Waals surface area contributed by atoms with Crippen molar-refractivity contribution in [3.8, 4) is 5.75 Å². The molecular weight excluding hydrogens is 280 g/mol. The number of hydrogen-bond acceptors (Lipinski definition) is 4. The van der Waals surface area contributed by atoms with Gasteiger partial charge in [-0.3, -0.25) is 9.36 Å². The van der Waals surface area contributed by atoms with E-state index in [1.54, 1.807) is 18.2 Å². The molecule has 0 atom stereocenters. The Hall–Kier alpha value is -2.66. The summed E-state index contributed by atoms with van der Waals surface area (Å²) >= 11 is 0. The standard InChI is InChI=1S/C17H16N2O3/c20-11-10-19-16(12-22-13-6-2-1-3-7-13)18-15-9-5-4-8-14(15)17(19)21/h1-9,20H,10-12H2. The first kappa shape index (κ1) is 14.3. The normalized spacial score (nSPS) is 10.8. The summed E-state index contributed by atoms with van der Waals surface area (Å²) in [6.45, 7) is 0.243. The van der Waals surface area contributed by atoms with Crippen molar-refractivity contribution in [1.82, 2.24) is 9.55 Å². The minimum atomic E-state index is -0.161. The number of hydrogen-bond donors (Lipinski definition) is 1. The van der Waals surface area contributed by atoms with Gasteiger partial charge in [-0.2, -0.15) is 0 Å². The van der Waals surface area contributed by atoms with Crippen LogP contribution in [0.25, 0.3) is 10.9 Å². The average molecular weight is 296 g/mol. The van der Waals surface area contributed by atoms with Crippen molar-refractivity contribution < 1.29 is 9.84 Å². The molecule has 3 aromatic rings. The summed E-state index contributed by atoms with van der Waals surface area (Å²) in [4.78, 5) is 17.0. The molecule has 22 heavy (non-hydrogen) atoms. The lowest BCUT2D eigenvalue weighted by molar-refractivity contribution is 0.254. The van der Waals surface area contributed by atoms with Crippen LogP contribution in [0.2, 0.25) is 0 Å². The Kier molecular flexibility index (Phi) is 4.16. The zero-order chi connectivity index (χ0) is 15.4. The summed E-state index contributed by atoms with van der Waals surface area (Å²) in [5.41, 5.74) is 0.472. The van der Waals surface area contributed by atoms with Crippen LogP contribution in [0.1, 0.15) is 5.82 Å². The maximum absolute atomic E-state index is 12.5. The molecule has 0 unspecified atom stereocenters. The lowest BCUT2D eigenvalue weighted by atomic mass is 10.2. The van der Waals surface area contributed by atoms with Gasteiger partial charge in [0.25, 0.3) is 5.56 Å². The van der Waals surface area contributed by atoms with Crippen LogP contribution in [0.5, 0.6) is 5.75 Å². The Morgan fingerprint density at radius 3 is 2.55 bits per heavy atom. The third-order valence-corrected chi connectivity index (χ3v) is 3.38. The highest BCUT2D eigenvalue weighted by Gasteiger charge is 2.11. The molecular formula is C17H16N2O3. The number of nitrogens with zero attached hydrogens (tertiary/aromatic N) is 2. The molecule has 0 saturated carbocycles. The predicted molar refractivity (Wildman–Crippen MR) is 83.9 cm³/mol. The third-order valence-electron chi connectivity index (χ3n) is 3.38. The molecule has 0 aliphatic rings. The van der Waals surface area contributed by atoms with Crippen molar-refractivity contribution in [2.45, 2.75) is 13.2 Å². The van der Waals surface area contributed by atoms with Crippen molar-refractivity contribution in [3.05, 3.63) is 70.8 Å². The van der Waals surface area contributed by atoms with Crippen LogP contribution in [-0.2, 0) is 13.2 Å². The van der Waals surface area contributed by atoms with Crippen molar-refractivity contribution in [3.63, 3.8) is 0 Å². The summed E-state index contributed by atoms with van der Waals surface area (Å²) < 4.78 is 7.14. The molecule has 3 rings (SSSR count). The highest BCUT2D eigenvalue weighted by Crippen LogP contribution is 2.12. The van der Waals surface area contributed by atoms with Gasteiger partial charge >= 0.3 is 0 Å². The minimum absolute atomic E-state index is 0.127. The van der Waals surface area contributed by atoms with Gasteiger partial charge in [-0.25, -0.2) is 4.98 Å². The first-order valence-electron chi connectivity index (χ1n) is 7.07. The molecule has 0 aliphatic carbocycles. The van der Waals surface area contributed by atoms with Gasteiger partial charge in [0, 0.05) is 0 Å². The number of benzene rings is 2. The topological polar surface area (TPSA) is 64.3 Å². The van der Waals surface area contributed by atoms with Gasteiger partial charge in [0.15, 0.2) is 0 Å². The molecule has 0 spiro atoms. The van der Waals surface area contributed by atoms with Crippen LogP contribution in [0.4, 0.5) is 0 Å². The van der Waals surface area contributed by atoms with Crippen LogP contribution < -0.4 is 10.3 Å². The van der Waals surface area contributed by atoms with E-state index in [9.17, 15) is 9.90 Å². The van der Waals surface area contributed by atoms with Crippen molar-refractivity contribution in [2.24, 2.45) is 0 Å². The highest BCUT2D eigenvalue weighted by atomic mass is 16.5. The van der Waals surface area contributed by atoms with Crippen LogP contribution >= 0.6 is 0 Å². The van der Waals surface area contributed by atoms with Gasteiger partial charge < -0.3 is 9.84 Å². The van der Waals surface area contributed by atoms with Crippen LogP contribution in [0.15, 0.2) is 59.4 Å². The maximum Gasteiger partial charge on any atom is 0.261 e. The van der Waals surface area contributed by atoms with Crippen molar-refractivity contribution in [1.29, 1.82) is 0 Å². The van der Waals surface area contributed by atoms with E-state index in [0.717, 1.165) is 0 Å². The maximum atomic E-state index is 12.5. The SMILES string of the molecule is O=c1c2ccccc2nc(COc2ccccc2)n1CCO. The Morgan fingerprint density at radius 1 is 1.05 bits per heavy atom. The fourth-order valence-corrected chi connectivity index (χ4v) is 2.32. The van der Waals surface area contributed by atoms with Gasteiger partial charge in [-0.15, -0.1) is 0 Å². The van der Waals surface area contributed by atoms with Gasteiger partial charge in [-0.1, -0.05) is 30.3 Å². The summed E-state index contributed by atoms with van der Waals surface area (Å²) in [6, 6.07) is 16.5. The Bertz CT molecular complexity index is 828. The number of para-hydroxylation sites is 2. The zero-order valence-electron chi connectivity index (χ0n) is 12.0. The Balaban J connectivity index is 2.00. The van der Waals surface area contributed by atoms with E-state index in [0.29, 0.717) is 22.5 Å². The number of aromatic nitrogens is 2. The molecule has 0 amide bonds. The predicted octanol–water partition coefficient (Wildman–Crippen LogP) is 1.97. The molecule has 1 N–H and O–H groups in total. The lowest BCUT2D eigenvalue weighted by Gasteiger charge is -2.13. The lowest BCUT2D eigenvalue weighted by Crippen LogP contribution is -2.27. The van der Waals surface area contributed by atoms with Crippen molar-refractivity contribution >= 4 is 10.9 Å². The quantitative estimate of drug-likeness (QED) is 0.782. The van der Waals surface area contributed by atoms with Crippen LogP contribution in [0, 0.1) is 0 Å². The number of ether oxygens (including phenoxy) is 1. The molecule has 1 aromatic heterocycles. The second-order valence-electron chi connectivity index (χ2n) is 4.83. The molecule has 0 bridgehead atoms. The summed E-state index contributed by atoms with van der Waals surface area (Å²) in [5, 5.41) is 9.74. The van der Waals surface area contributed by atoms with Gasteiger partial charge in [-0.05, 0) is 24.3 Å². The minimum Gasteiger partial charge on any atom is -0.486 e. The van der Waals surface area contributed by atoms with E-state index in [-0.39, 0.29) is 25.3 Å². The summed E-state index contributed by atoms with van der Waals surface area (Å²) in [5.74, 6) is 1.21. The number of aliphatic hydroxyl groups is 1. The van der Waals surface area contributed by atoms with Crippen LogP contribution in [0.3, 0.4) is 0 Å². The fourth-order valence-electron chi connectivity index (χ4n) is 2.32. The highest BCUT2D eigenvalue weighted by molar-refractivity contribution is 5.77. The van der Waals surface area contributed by atoms with E-state index in [2.05, 4.69) is 4.98 Å². The second-order valence-corrected chi connectivity index (χ2v) is 4.83. The van der Waals surface area contributed by atoms with E-state index in [1.165, 1.54) is 4.57 Å². The average Bonchev–Trinajstić information content (AvgIpc) is 2.57.